The number of carbonyl (C=O) groups excluding carboxylic acids is 2. The van der Waals surface area contributed by atoms with Crippen molar-refractivity contribution in [1.82, 2.24) is 4.90 Å². The van der Waals surface area contributed by atoms with Gasteiger partial charge in [-0.3, -0.25) is 4.79 Å². The number of methoxy groups -OCH3 is 3. The van der Waals surface area contributed by atoms with Crippen LogP contribution in [0.25, 0.3) is 0 Å². The number of piperidine rings is 1. The van der Waals surface area contributed by atoms with E-state index in [1.807, 2.05) is 18.2 Å². The minimum Gasteiger partial charge on any atom is -0.493 e. The Hall–Kier alpha value is -3.22. The van der Waals surface area contributed by atoms with Crippen LogP contribution in [0, 0.1) is 0 Å². The van der Waals surface area contributed by atoms with Crippen LogP contribution in [0.5, 0.6) is 17.2 Å². The fourth-order valence-electron chi connectivity index (χ4n) is 3.60. The molecule has 0 unspecified atom stereocenters. The third-order valence-electron chi connectivity index (χ3n) is 5.14. The molecule has 0 spiro atoms. The Morgan fingerprint density at radius 2 is 1.50 bits per heavy atom. The number of rotatable bonds is 7. The van der Waals surface area contributed by atoms with E-state index in [9.17, 15) is 9.59 Å². The maximum absolute atomic E-state index is 13.2. The van der Waals surface area contributed by atoms with E-state index >= 15 is 0 Å². The van der Waals surface area contributed by atoms with Crippen LogP contribution in [-0.2, 0) is 9.53 Å². The molecule has 1 saturated heterocycles. The molecule has 7 nitrogen and oxygen atoms in total. The molecule has 0 aliphatic carbocycles. The average molecular weight is 413 g/mol. The van der Waals surface area contributed by atoms with Crippen LogP contribution >= 0.6 is 0 Å². The number of amides is 1. The zero-order chi connectivity index (χ0) is 21.5. The van der Waals surface area contributed by atoms with E-state index in [2.05, 4.69) is 0 Å². The number of benzene rings is 2. The molecular formula is C23H27NO6. The Bertz CT molecular complexity index is 877. The first-order valence-electron chi connectivity index (χ1n) is 9.94. The normalized spacial score (nSPS) is 14.6. The summed E-state index contributed by atoms with van der Waals surface area (Å²) in [5.74, 6) is 0.0164. The zero-order valence-electron chi connectivity index (χ0n) is 17.6. The molecular weight excluding hydrogens is 386 g/mol. The fraction of sp³-hybridized carbons (Fsp3) is 0.391. The Morgan fingerprint density at radius 3 is 2.10 bits per heavy atom. The van der Waals surface area contributed by atoms with Crippen LogP contribution in [0.4, 0.5) is 0 Å². The predicted molar refractivity (Wildman–Crippen MR) is 111 cm³/mol. The van der Waals surface area contributed by atoms with E-state index < -0.39 is 12.1 Å². The number of ether oxygens (including phenoxy) is 4. The summed E-state index contributed by atoms with van der Waals surface area (Å²) in [6, 6.07) is 12.2. The molecule has 0 bridgehead atoms. The van der Waals surface area contributed by atoms with Gasteiger partial charge in [0.25, 0.3) is 5.91 Å². The van der Waals surface area contributed by atoms with Gasteiger partial charge >= 0.3 is 5.97 Å². The van der Waals surface area contributed by atoms with Gasteiger partial charge in [-0.25, -0.2) is 4.79 Å². The van der Waals surface area contributed by atoms with Crippen molar-refractivity contribution in [3.63, 3.8) is 0 Å². The van der Waals surface area contributed by atoms with Crippen molar-refractivity contribution in [3.05, 3.63) is 53.6 Å². The number of hydrogen-bond donors (Lipinski definition) is 0. The SMILES string of the molecule is COc1ccc(C(=O)O[C@H](C(=O)N2CCCCC2)c2ccccc2)c(OC)c1OC. The summed E-state index contributed by atoms with van der Waals surface area (Å²) in [6.07, 6.45) is 1.97. The fourth-order valence-corrected chi connectivity index (χ4v) is 3.60. The Kier molecular flexibility index (Phi) is 7.17. The van der Waals surface area contributed by atoms with Gasteiger partial charge in [0, 0.05) is 18.7 Å². The molecule has 30 heavy (non-hydrogen) atoms. The summed E-state index contributed by atoms with van der Waals surface area (Å²) in [7, 11) is 4.39. The summed E-state index contributed by atoms with van der Waals surface area (Å²) < 4.78 is 21.8. The third-order valence-corrected chi connectivity index (χ3v) is 5.14. The summed E-state index contributed by atoms with van der Waals surface area (Å²) in [6.45, 7) is 1.33. The Balaban J connectivity index is 1.93. The van der Waals surface area contributed by atoms with Crippen molar-refractivity contribution in [2.45, 2.75) is 25.4 Å². The Morgan fingerprint density at radius 1 is 0.833 bits per heavy atom. The molecule has 1 amide bonds. The van der Waals surface area contributed by atoms with Crippen LogP contribution in [-0.4, -0.2) is 51.2 Å². The smallest absolute Gasteiger partial charge is 0.343 e. The second kappa shape index (κ2) is 10.0. The zero-order valence-corrected chi connectivity index (χ0v) is 17.6. The maximum Gasteiger partial charge on any atom is 0.343 e. The van der Waals surface area contributed by atoms with Gasteiger partial charge in [0.15, 0.2) is 11.5 Å². The first-order chi connectivity index (χ1) is 14.6. The highest BCUT2D eigenvalue weighted by Crippen LogP contribution is 2.40. The first kappa shape index (κ1) is 21.5. The van der Waals surface area contributed by atoms with Gasteiger partial charge in [-0.2, -0.15) is 0 Å². The summed E-state index contributed by atoms with van der Waals surface area (Å²) in [4.78, 5) is 28.1. The lowest BCUT2D eigenvalue weighted by Gasteiger charge is -2.30. The van der Waals surface area contributed by atoms with Crippen molar-refractivity contribution >= 4 is 11.9 Å². The average Bonchev–Trinajstić information content (AvgIpc) is 2.81. The molecule has 1 atom stereocenters. The van der Waals surface area contributed by atoms with Gasteiger partial charge in [-0.1, -0.05) is 30.3 Å². The van der Waals surface area contributed by atoms with Crippen LogP contribution in [0.2, 0.25) is 0 Å². The summed E-state index contributed by atoms with van der Waals surface area (Å²) in [5, 5.41) is 0. The van der Waals surface area contributed by atoms with E-state index in [1.165, 1.54) is 27.4 Å². The van der Waals surface area contributed by atoms with Crippen molar-refractivity contribution in [3.8, 4) is 17.2 Å². The van der Waals surface area contributed by atoms with E-state index in [-0.39, 0.29) is 23.0 Å². The highest BCUT2D eigenvalue weighted by atomic mass is 16.6. The predicted octanol–water partition coefficient (Wildman–Crippen LogP) is 3.62. The van der Waals surface area contributed by atoms with Crippen molar-refractivity contribution in [1.29, 1.82) is 0 Å². The number of esters is 1. The van der Waals surface area contributed by atoms with E-state index in [0.29, 0.717) is 24.4 Å². The van der Waals surface area contributed by atoms with Crippen LogP contribution in [0.3, 0.4) is 0 Å². The molecule has 1 aliphatic heterocycles. The lowest BCUT2D eigenvalue weighted by Crippen LogP contribution is -2.40. The molecule has 2 aromatic rings. The highest BCUT2D eigenvalue weighted by Gasteiger charge is 2.32. The number of likely N-dealkylation sites (tertiary alicyclic amines) is 1. The highest BCUT2D eigenvalue weighted by molar-refractivity contribution is 5.96. The lowest BCUT2D eigenvalue weighted by molar-refractivity contribution is -0.142. The molecule has 7 heteroatoms. The molecule has 1 aliphatic rings. The molecule has 3 rings (SSSR count). The quantitative estimate of drug-likeness (QED) is 0.646. The van der Waals surface area contributed by atoms with Gasteiger partial charge in [-0.15, -0.1) is 0 Å². The number of nitrogens with zero attached hydrogens (tertiary/aromatic N) is 1. The van der Waals surface area contributed by atoms with E-state index in [4.69, 9.17) is 18.9 Å². The van der Waals surface area contributed by atoms with Gasteiger partial charge in [-0.05, 0) is 31.4 Å². The van der Waals surface area contributed by atoms with Crippen LogP contribution in [0.15, 0.2) is 42.5 Å². The van der Waals surface area contributed by atoms with Gasteiger partial charge in [0.2, 0.25) is 11.9 Å². The number of carbonyl (C=O) groups is 2. The van der Waals surface area contributed by atoms with Crippen LogP contribution < -0.4 is 14.2 Å². The minimum absolute atomic E-state index is 0.155. The van der Waals surface area contributed by atoms with Gasteiger partial charge < -0.3 is 23.8 Å². The monoisotopic (exact) mass is 413 g/mol. The van der Waals surface area contributed by atoms with Gasteiger partial charge in [0.05, 0.1) is 21.3 Å². The molecule has 160 valence electrons. The Labute approximate surface area is 176 Å². The topological polar surface area (TPSA) is 74.3 Å². The lowest BCUT2D eigenvalue weighted by atomic mass is 10.1. The van der Waals surface area contributed by atoms with Crippen molar-refractivity contribution in [2.24, 2.45) is 0 Å². The molecule has 0 saturated carbocycles. The molecule has 1 fully saturated rings. The summed E-state index contributed by atoms with van der Waals surface area (Å²) in [5.41, 5.74) is 0.781. The third kappa shape index (κ3) is 4.50. The van der Waals surface area contributed by atoms with Crippen molar-refractivity contribution in [2.75, 3.05) is 34.4 Å². The van der Waals surface area contributed by atoms with E-state index in [0.717, 1.165) is 19.3 Å². The first-order valence-corrected chi connectivity index (χ1v) is 9.94. The van der Waals surface area contributed by atoms with Crippen LogP contribution in [0.1, 0.15) is 41.3 Å². The second-order valence-corrected chi connectivity index (χ2v) is 6.96. The molecule has 1 heterocycles. The minimum atomic E-state index is -1.03. The molecule has 0 N–H and O–H groups in total. The molecule has 2 aromatic carbocycles. The maximum atomic E-state index is 13.2. The second-order valence-electron chi connectivity index (χ2n) is 6.96. The molecule has 0 aromatic heterocycles. The number of hydrogen-bond acceptors (Lipinski definition) is 6. The molecule has 0 radical (unpaired) electrons. The standard InChI is InChI=1S/C23H27NO6/c1-27-18-13-12-17(20(28-2)21(18)29-3)23(26)30-19(16-10-6-4-7-11-16)22(25)24-14-8-5-9-15-24/h4,6-7,10-13,19H,5,8-9,14-15H2,1-3H3/t19-/m0/s1. The summed E-state index contributed by atoms with van der Waals surface area (Å²) >= 11 is 0. The largest absolute Gasteiger partial charge is 0.493 e. The van der Waals surface area contributed by atoms with Crippen molar-refractivity contribution < 1.29 is 28.5 Å². The van der Waals surface area contributed by atoms with Gasteiger partial charge in [0.1, 0.15) is 5.56 Å². The van der Waals surface area contributed by atoms with E-state index in [1.54, 1.807) is 23.1 Å².